The molecule has 1 heterocycles. The van der Waals surface area contributed by atoms with E-state index in [2.05, 4.69) is 27.7 Å². The number of nitrogens with two attached hydrogens (primary N) is 1. The number of hydrogen-bond donors (Lipinski definition) is 3. The van der Waals surface area contributed by atoms with Crippen LogP contribution in [0.2, 0.25) is 0 Å². The topological polar surface area (TPSA) is 106 Å². The van der Waals surface area contributed by atoms with Gasteiger partial charge in [-0.2, -0.15) is 5.21 Å². The van der Waals surface area contributed by atoms with Gasteiger partial charge in [0.15, 0.2) is 11.5 Å². The number of nitrogens with one attached hydrogen (secondary N) is 2. The lowest BCUT2D eigenvalue weighted by Crippen LogP contribution is -2.26. The van der Waals surface area contributed by atoms with Gasteiger partial charge >= 0.3 is 0 Å². The third-order valence-electron chi connectivity index (χ3n) is 2.18. The fraction of sp³-hybridized carbons (Fsp3) is 0.700. The summed E-state index contributed by atoms with van der Waals surface area (Å²) in [7, 11) is 0. The summed E-state index contributed by atoms with van der Waals surface area (Å²) in [4.78, 5) is 11.5. The maximum Gasteiger partial charge on any atom is 0.275 e. The number of unbranched alkanes of at least 4 members (excludes halogenated alkanes) is 1. The molecule has 0 bridgehead atoms. The van der Waals surface area contributed by atoms with Crippen LogP contribution in [0.25, 0.3) is 0 Å². The SMILES string of the molecule is CCCCOCCCNC(=O)c1n[nH]nc1N. The van der Waals surface area contributed by atoms with Crippen molar-refractivity contribution in [2.75, 3.05) is 25.5 Å². The number of carbonyl (C=O) groups excluding carboxylic acids is 1. The average molecular weight is 241 g/mol. The summed E-state index contributed by atoms with van der Waals surface area (Å²) in [6, 6.07) is 0. The Morgan fingerprint density at radius 2 is 2.18 bits per heavy atom. The van der Waals surface area contributed by atoms with E-state index in [1.165, 1.54) is 0 Å². The van der Waals surface area contributed by atoms with Gasteiger partial charge in [0.05, 0.1) is 0 Å². The average Bonchev–Trinajstić information content (AvgIpc) is 2.74. The van der Waals surface area contributed by atoms with Crippen molar-refractivity contribution in [2.24, 2.45) is 0 Å². The Labute approximate surface area is 100 Å². The van der Waals surface area contributed by atoms with Crippen molar-refractivity contribution in [3.05, 3.63) is 5.69 Å². The number of ether oxygens (including phenoxy) is 1. The number of aromatic amines is 1. The number of carbonyl (C=O) groups is 1. The maximum atomic E-state index is 11.5. The Hall–Kier alpha value is -1.63. The maximum absolute atomic E-state index is 11.5. The molecule has 1 aromatic heterocycles. The molecule has 0 radical (unpaired) electrons. The Kier molecular flexibility index (Phi) is 6.02. The quantitative estimate of drug-likeness (QED) is 0.568. The van der Waals surface area contributed by atoms with Crippen LogP contribution < -0.4 is 11.1 Å². The largest absolute Gasteiger partial charge is 0.381 e. The first-order valence-corrected chi connectivity index (χ1v) is 5.78. The number of hydrogen-bond acceptors (Lipinski definition) is 5. The van der Waals surface area contributed by atoms with Crippen LogP contribution in [0, 0.1) is 0 Å². The van der Waals surface area contributed by atoms with Crippen molar-refractivity contribution in [3.8, 4) is 0 Å². The van der Waals surface area contributed by atoms with Gasteiger partial charge in [-0.3, -0.25) is 4.79 Å². The molecule has 0 aliphatic rings. The number of H-pyrrole nitrogens is 1. The fourth-order valence-electron chi connectivity index (χ4n) is 1.21. The van der Waals surface area contributed by atoms with Gasteiger partial charge in [-0.1, -0.05) is 13.3 Å². The Balaban J connectivity index is 2.07. The summed E-state index contributed by atoms with van der Waals surface area (Å²) < 4.78 is 5.36. The van der Waals surface area contributed by atoms with Gasteiger partial charge in [0.2, 0.25) is 0 Å². The van der Waals surface area contributed by atoms with Gasteiger partial charge in [0, 0.05) is 19.8 Å². The van der Waals surface area contributed by atoms with Crippen molar-refractivity contribution in [2.45, 2.75) is 26.2 Å². The van der Waals surface area contributed by atoms with Crippen LogP contribution in [-0.4, -0.2) is 41.1 Å². The fourth-order valence-corrected chi connectivity index (χ4v) is 1.21. The van der Waals surface area contributed by atoms with Crippen LogP contribution in [-0.2, 0) is 4.74 Å². The van der Waals surface area contributed by atoms with E-state index in [4.69, 9.17) is 10.5 Å². The highest BCUT2D eigenvalue weighted by atomic mass is 16.5. The minimum Gasteiger partial charge on any atom is -0.381 e. The van der Waals surface area contributed by atoms with Crippen molar-refractivity contribution in [1.29, 1.82) is 0 Å². The van der Waals surface area contributed by atoms with Crippen LogP contribution in [0.4, 0.5) is 5.82 Å². The second-order valence-corrected chi connectivity index (χ2v) is 3.63. The predicted molar refractivity (Wildman–Crippen MR) is 63.5 cm³/mol. The van der Waals surface area contributed by atoms with Gasteiger partial charge in [0.25, 0.3) is 5.91 Å². The summed E-state index contributed by atoms with van der Waals surface area (Å²) in [6.07, 6.45) is 2.97. The normalized spacial score (nSPS) is 10.4. The molecule has 0 unspecified atom stereocenters. The van der Waals surface area contributed by atoms with Crippen LogP contribution in [0.5, 0.6) is 0 Å². The summed E-state index contributed by atoms with van der Waals surface area (Å²) in [5.74, 6) is -0.202. The van der Waals surface area contributed by atoms with E-state index in [9.17, 15) is 4.79 Å². The van der Waals surface area contributed by atoms with Crippen molar-refractivity contribution in [3.63, 3.8) is 0 Å². The number of aromatic nitrogens is 3. The van der Waals surface area contributed by atoms with Crippen molar-refractivity contribution >= 4 is 11.7 Å². The third kappa shape index (κ3) is 4.81. The van der Waals surface area contributed by atoms with E-state index >= 15 is 0 Å². The van der Waals surface area contributed by atoms with Crippen LogP contribution in [0.1, 0.15) is 36.7 Å². The molecule has 0 saturated heterocycles. The zero-order valence-corrected chi connectivity index (χ0v) is 10.0. The molecular formula is C10H19N5O2. The molecule has 1 amide bonds. The first kappa shape index (κ1) is 13.4. The zero-order chi connectivity index (χ0) is 12.5. The highest BCUT2D eigenvalue weighted by Gasteiger charge is 2.12. The van der Waals surface area contributed by atoms with Crippen molar-refractivity contribution in [1.82, 2.24) is 20.7 Å². The molecule has 0 saturated carbocycles. The molecule has 0 aliphatic carbocycles. The van der Waals surface area contributed by atoms with Gasteiger partial charge in [0.1, 0.15) is 0 Å². The zero-order valence-electron chi connectivity index (χ0n) is 10.0. The highest BCUT2D eigenvalue weighted by Crippen LogP contribution is 2.00. The second kappa shape index (κ2) is 7.61. The van der Waals surface area contributed by atoms with E-state index in [1.807, 2.05) is 0 Å². The molecule has 0 aromatic carbocycles. The summed E-state index contributed by atoms with van der Waals surface area (Å²) in [5, 5.41) is 12.2. The van der Waals surface area contributed by atoms with Crippen LogP contribution >= 0.6 is 0 Å². The molecule has 1 rings (SSSR count). The van der Waals surface area contributed by atoms with Crippen LogP contribution in [0.15, 0.2) is 0 Å². The van der Waals surface area contributed by atoms with E-state index in [0.29, 0.717) is 13.2 Å². The molecule has 1 aromatic rings. The molecule has 0 atom stereocenters. The Morgan fingerprint density at radius 1 is 1.41 bits per heavy atom. The first-order chi connectivity index (χ1) is 8.25. The number of amides is 1. The summed E-state index contributed by atoms with van der Waals surface area (Å²) >= 11 is 0. The summed E-state index contributed by atoms with van der Waals surface area (Å²) in [6.45, 7) is 4.08. The predicted octanol–water partition coefficient (Wildman–Crippen LogP) is 0.324. The number of nitrogens with zero attached hydrogens (tertiary/aromatic N) is 2. The lowest BCUT2D eigenvalue weighted by molar-refractivity contribution is 0.0936. The summed E-state index contributed by atoms with van der Waals surface area (Å²) in [5.41, 5.74) is 5.57. The number of rotatable bonds is 8. The molecule has 96 valence electrons. The minimum atomic E-state index is -0.315. The van der Waals surface area contributed by atoms with Crippen LogP contribution in [0.3, 0.4) is 0 Å². The van der Waals surface area contributed by atoms with Gasteiger partial charge in [-0.15, -0.1) is 10.2 Å². The Bertz CT molecular complexity index is 339. The van der Waals surface area contributed by atoms with E-state index < -0.39 is 0 Å². The van der Waals surface area contributed by atoms with E-state index in [1.54, 1.807) is 0 Å². The monoisotopic (exact) mass is 241 g/mol. The molecule has 0 aliphatic heterocycles. The Morgan fingerprint density at radius 3 is 2.82 bits per heavy atom. The second-order valence-electron chi connectivity index (χ2n) is 3.63. The van der Waals surface area contributed by atoms with Gasteiger partial charge in [-0.05, 0) is 12.8 Å². The lowest BCUT2D eigenvalue weighted by Gasteiger charge is -2.04. The van der Waals surface area contributed by atoms with Gasteiger partial charge < -0.3 is 15.8 Å². The van der Waals surface area contributed by atoms with E-state index in [0.717, 1.165) is 25.9 Å². The smallest absolute Gasteiger partial charge is 0.275 e. The standard InChI is InChI=1S/C10H19N5O2/c1-2-3-6-17-7-4-5-12-10(16)8-9(11)14-15-13-8/h2-7H2,1H3,(H,12,16)(H3,11,13,14,15). The third-order valence-corrected chi connectivity index (χ3v) is 2.18. The molecule has 17 heavy (non-hydrogen) atoms. The number of nitrogen functional groups attached to an aromatic ring is 1. The molecule has 7 heteroatoms. The van der Waals surface area contributed by atoms with Crippen molar-refractivity contribution < 1.29 is 9.53 Å². The molecule has 0 fully saturated rings. The number of anilines is 1. The molecule has 4 N–H and O–H groups in total. The molecular weight excluding hydrogens is 222 g/mol. The minimum absolute atomic E-state index is 0.113. The lowest BCUT2D eigenvalue weighted by atomic mass is 10.3. The molecule has 0 spiro atoms. The van der Waals surface area contributed by atoms with Gasteiger partial charge in [-0.25, -0.2) is 0 Å². The molecule has 7 nitrogen and oxygen atoms in total. The van der Waals surface area contributed by atoms with E-state index in [-0.39, 0.29) is 17.4 Å². The highest BCUT2D eigenvalue weighted by molar-refractivity contribution is 5.96. The first-order valence-electron chi connectivity index (χ1n) is 5.78.